The number of hydrogen-bond donors (Lipinski definition) is 0. The van der Waals surface area contributed by atoms with Gasteiger partial charge in [0.05, 0.1) is 4.01 Å². The lowest BCUT2D eigenvalue weighted by atomic mass is 10.3. The Kier molecular flexibility index (Phi) is 1.32. The fourth-order valence-corrected chi connectivity index (χ4v) is 3.07. The lowest BCUT2D eigenvalue weighted by molar-refractivity contribution is 1.89. The third-order valence-electron chi connectivity index (χ3n) is 1.32. The molecule has 0 aliphatic rings. The second-order valence-electron chi connectivity index (χ2n) is 2.17. The van der Waals surface area contributed by atoms with Crippen LogP contribution in [0.25, 0.3) is 9.40 Å². The lowest BCUT2D eigenvalue weighted by Crippen LogP contribution is -1.51. The highest BCUT2D eigenvalue weighted by Crippen LogP contribution is 2.32. The molecule has 0 spiro atoms. The highest BCUT2D eigenvalue weighted by Gasteiger charge is 2.00. The summed E-state index contributed by atoms with van der Waals surface area (Å²) >= 11 is 3.48. The van der Waals surface area contributed by atoms with Gasteiger partial charge in [-0.15, -0.1) is 22.7 Å². The van der Waals surface area contributed by atoms with E-state index in [0.717, 1.165) is 9.75 Å². The predicted molar refractivity (Wildman–Crippen MR) is 48.6 cm³/mol. The minimum Gasteiger partial charge on any atom is -0.129 e. The van der Waals surface area contributed by atoms with Crippen LogP contribution in [0.4, 0.5) is 0 Å². The first-order valence-corrected chi connectivity index (χ1v) is 4.56. The van der Waals surface area contributed by atoms with Gasteiger partial charge in [-0.05, 0) is 26.0 Å². The van der Waals surface area contributed by atoms with Crippen LogP contribution in [-0.2, 0) is 0 Å². The Morgan fingerprint density at radius 3 is 1.90 bits per heavy atom. The van der Waals surface area contributed by atoms with Gasteiger partial charge >= 0.3 is 0 Å². The van der Waals surface area contributed by atoms with Crippen molar-refractivity contribution in [2.45, 2.75) is 0 Å². The van der Waals surface area contributed by atoms with Crippen molar-refractivity contribution in [2.24, 2.45) is 0 Å². The molecule has 2 aromatic rings. The molecule has 0 aliphatic heterocycles. The fourth-order valence-electron chi connectivity index (χ4n) is 0.942. The van der Waals surface area contributed by atoms with E-state index >= 15 is 0 Å². The minimum absolute atomic E-state index is 1.14. The van der Waals surface area contributed by atoms with Crippen molar-refractivity contribution >= 4 is 32.1 Å². The quantitative estimate of drug-likeness (QED) is 0.563. The third-order valence-corrected chi connectivity index (χ3v) is 3.42. The molecular weight excluding hydrogens is 160 g/mol. The molecule has 0 nitrogen and oxygen atoms in total. The van der Waals surface area contributed by atoms with Gasteiger partial charge < -0.3 is 0 Å². The van der Waals surface area contributed by atoms with E-state index < -0.39 is 0 Å². The molecule has 0 saturated carbocycles. The van der Waals surface area contributed by atoms with Gasteiger partial charge in [-0.1, -0.05) is 0 Å². The molecule has 2 rings (SSSR count). The molecule has 2 aromatic heterocycles. The summed E-state index contributed by atoms with van der Waals surface area (Å²) in [5.74, 6) is 0. The summed E-state index contributed by atoms with van der Waals surface area (Å²) in [6, 6.07) is 4.20. The van der Waals surface area contributed by atoms with Crippen LogP contribution in [0.5, 0.6) is 0 Å². The monoisotopic (exact) mass is 166 g/mol. The normalized spacial score (nSPS) is 11.0. The van der Waals surface area contributed by atoms with E-state index in [2.05, 4.69) is 26.0 Å². The Bertz CT molecular complexity index is 291. The highest BCUT2D eigenvalue weighted by molar-refractivity contribution is 7.38. The molecule has 2 radical (unpaired) electrons. The van der Waals surface area contributed by atoms with E-state index in [9.17, 15) is 0 Å². The number of rotatable bonds is 0. The molecule has 0 fully saturated rings. The van der Waals surface area contributed by atoms with Gasteiger partial charge in [0.1, 0.15) is 0 Å². The summed E-state index contributed by atoms with van der Waals surface area (Å²) in [7, 11) is 0. The molecule has 0 N–H and O–H groups in total. The predicted octanol–water partition coefficient (Wildman–Crippen LogP) is 3.33. The summed E-state index contributed by atoms with van der Waals surface area (Å²) in [4.78, 5) is 2.28. The van der Waals surface area contributed by atoms with Crippen molar-refractivity contribution in [1.82, 2.24) is 0 Å². The van der Waals surface area contributed by atoms with E-state index in [4.69, 9.17) is 0 Å². The Morgan fingerprint density at radius 2 is 1.50 bits per heavy atom. The second kappa shape index (κ2) is 2.07. The smallest absolute Gasteiger partial charge is 0.0870 e. The van der Waals surface area contributed by atoms with Gasteiger partial charge in [0.25, 0.3) is 0 Å². The zero-order valence-corrected chi connectivity index (χ0v) is 7.02. The topological polar surface area (TPSA) is 0 Å². The van der Waals surface area contributed by atoms with Crippen LogP contribution >= 0.6 is 22.7 Å². The fraction of sp³-hybridized carbons (Fsp3) is 0. The number of hydrogen-bond acceptors (Lipinski definition) is 2. The average molecular weight is 166 g/mol. The summed E-state index contributed by atoms with van der Waals surface area (Å²) < 4.78 is 1.34. The molecule has 2 heteroatoms. The zero-order valence-electron chi connectivity index (χ0n) is 5.39. The maximum atomic E-state index is 3.86. The minimum atomic E-state index is 1.14. The van der Waals surface area contributed by atoms with Crippen molar-refractivity contribution in [1.29, 1.82) is 0 Å². The van der Waals surface area contributed by atoms with Crippen molar-refractivity contribution < 1.29 is 0 Å². The molecule has 50 valence electrons. The molecule has 0 saturated heterocycles. The van der Waals surface area contributed by atoms with Gasteiger partial charge in [-0.2, -0.15) is 0 Å². The van der Waals surface area contributed by atoms with Crippen LogP contribution in [0.1, 0.15) is 9.75 Å². The summed E-state index contributed by atoms with van der Waals surface area (Å²) in [6.07, 6.45) is 0. The SMILES string of the molecule is [CH2]c1cc2cc([CH2])sc2s1. The molecule has 0 amide bonds. The average Bonchev–Trinajstić information content (AvgIpc) is 2.21. The molecule has 2 heterocycles. The molecular formula is C8H6S2. The van der Waals surface area contributed by atoms with Gasteiger partial charge in [0.2, 0.25) is 0 Å². The molecule has 10 heavy (non-hydrogen) atoms. The first kappa shape index (κ1) is 6.38. The standard InChI is InChI=1S/C8H6S2/c1-5-3-7-4-6(2)10-8(7)9-5/h3-4H,1-2H2. The summed E-state index contributed by atoms with van der Waals surface area (Å²) in [5, 5.41) is 1.30. The highest BCUT2D eigenvalue weighted by atomic mass is 32.2. The largest absolute Gasteiger partial charge is 0.129 e. The van der Waals surface area contributed by atoms with E-state index in [1.165, 1.54) is 9.40 Å². The van der Waals surface area contributed by atoms with Crippen LogP contribution in [-0.4, -0.2) is 0 Å². The van der Waals surface area contributed by atoms with Crippen molar-refractivity contribution in [3.63, 3.8) is 0 Å². The summed E-state index contributed by atoms with van der Waals surface area (Å²) in [5.41, 5.74) is 0. The number of fused-ring (bicyclic) bond motifs is 1. The van der Waals surface area contributed by atoms with Gasteiger partial charge in [0, 0.05) is 15.1 Å². The van der Waals surface area contributed by atoms with Crippen molar-refractivity contribution in [3.05, 3.63) is 35.7 Å². The Morgan fingerprint density at radius 1 is 1.00 bits per heavy atom. The zero-order chi connectivity index (χ0) is 7.14. The first-order valence-electron chi connectivity index (χ1n) is 2.93. The molecule has 0 bridgehead atoms. The summed E-state index contributed by atoms with van der Waals surface area (Å²) in [6.45, 7) is 7.73. The molecule has 0 unspecified atom stereocenters. The molecule has 0 aliphatic carbocycles. The number of thiophene rings is 2. The Balaban J connectivity index is 2.83. The third kappa shape index (κ3) is 0.879. The van der Waals surface area contributed by atoms with E-state index in [-0.39, 0.29) is 0 Å². The van der Waals surface area contributed by atoms with Gasteiger partial charge in [0.15, 0.2) is 0 Å². The van der Waals surface area contributed by atoms with Crippen LogP contribution in [0, 0.1) is 13.8 Å². The van der Waals surface area contributed by atoms with Gasteiger partial charge in [-0.25, -0.2) is 0 Å². The van der Waals surface area contributed by atoms with Crippen LogP contribution in [0.15, 0.2) is 12.1 Å². The maximum absolute atomic E-state index is 3.86. The van der Waals surface area contributed by atoms with E-state index in [1.54, 1.807) is 22.7 Å². The Hall–Kier alpha value is -0.340. The van der Waals surface area contributed by atoms with E-state index in [1.807, 2.05) is 0 Å². The van der Waals surface area contributed by atoms with E-state index in [0.29, 0.717) is 0 Å². The first-order chi connectivity index (χ1) is 4.75. The Labute approximate surface area is 68.1 Å². The molecule has 0 aromatic carbocycles. The second-order valence-corrected chi connectivity index (χ2v) is 4.70. The van der Waals surface area contributed by atoms with Crippen LogP contribution < -0.4 is 0 Å². The van der Waals surface area contributed by atoms with Crippen molar-refractivity contribution in [2.75, 3.05) is 0 Å². The maximum Gasteiger partial charge on any atom is 0.0870 e. The van der Waals surface area contributed by atoms with Crippen LogP contribution in [0.3, 0.4) is 0 Å². The lowest BCUT2D eigenvalue weighted by Gasteiger charge is -1.74. The van der Waals surface area contributed by atoms with Crippen molar-refractivity contribution in [3.8, 4) is 0 Å². The van der Waals surface area contributed by atoms with Crippen LogP contribution in [0.2, 0.25) is 0 Å². The van der Waals surface area contributed by atoms with Gasteiger partial charge in [-0.3, -0.25) is 0 Å². The molecule has 0 atom stereocenters.